The number of hydrogen-bond donors (Lipinski definition) is 1. The van der Waals surface area contributed by atoms with Crippen LogP contribution in [0.15, 0.2) is 33.1 Å². The van der Waals surface area contributed by atoms with Crippen LogP contribution in [-0.4, -0.2) is 39.0 Å². The Kier molecular flexibility index (Phi) is 5.99. The fraction of sp³-hybridized carbons (Fsp3) is 0.353. The van der Waals surface area contributed by atoms with Crippen LogP contribution in [0.1, 0.15) is 13.8 Å². The van der Waals surface area contributed by atoms with E-state index in [1.165, 1.54) is 28.0 Å². The largest absolute Gasteiger partial charge is 1.00 e. The van der Waals surface area contributed by atoms with Gasteiger partial charge in [-0.2, -0.15) is 0 Å². The van der Waals surface area contributed by atoms with Gasteiger partial charge in [-0.3, -0.25) is 4.79 Å². The first kappa shape index (κ1) is 21.1. The van der Waals surface area contributed by atoms with Crippen molar-refractivity contribution >= 4 is 56.8 Å². The van der Waals surface area contributed by atoms with Crippen LogP contribution in [0.4, 0.5) is 0 Å². The van der Waals surface area contributed by atoms with Crippen molar-refractivity contribution in [2.24, 2.45) is 11.8 Å². The van der Waals surface area contributed by atoms with Gasteiger partial charge in [0.15, 0.2) is 4.34 Å². The Labute approximate surface area is 190 Å². The van der Waals surface area contributed by atoms with Gasteiger partial charge >= 0.3 is 29.6 Å². The van der Waals surface area contributed by atoms with Crippen LogP contribution in [0.25, 0.3) is 10.2 Å². The molecule has 1 aromatic carbocycles. The van der Waals surface area contributed by atoms with Crippen LogP contribution < -0.4 is 34.7 Å². The van der Waals surface area contributed by atoms with Gasteiger partial charge in [0.25, 0.3) is 0 Å². The second kappa shape index (κ2) is 7.67. The van der Waals surface area contributed by atoms with Gasteiger partial charge in [0.1, 0.15) is 0 Å². The van der Waals surface area contributed by atoms with Crippen molar-refractivity contribution in [1.82, 2.24) is 9.88 Å². The van der Waals surface area contributed by atoms with Crippen molar-refractivity contribution in [3.63, 3.8) is 0 Å². The average Bonchev–Trinajstić information content (AvgIpc) is 3.05. The summed E-state index contributed by atoms with van der Waals surface area (Å²) >= 11 is 8.65. The SMILES string of the molecule is C[C@@H](O)[C@H]1C(=O)N2C(C(=O)[O-])=C(Sc3nc4ccc(Cl)cc4s3)[C@H](C)[C@H]12.[Na+]. The van der Waals surface area contributed by atoms with E-state index in [0.29, 0.717) is 14.3 Å². The van der Waals surface area contributed by atoms with E-state index in [4.69, 9.17) is 11.6 Å². The number of aromatic nitrogens is 1. The number of thioether (sulfide) groups is 1. The smallest absolute Gasteiger partial charge is 0.543 e. The number of benzene rings is 1. The number of fused-ring (bicyclic) bond motifs is 2. The maximum Gasteiger partial charge on any atom is 1.00 e. The third kappa shape index (κ3) is 3.35. The van der Waals surface area contributed by atoms with Crippen molar-refractivity contribution < 1.29 is 49.4 Å². The number of hydrogen-bond acceptors (Lipinski definition) is 7. The predicted octanol–water partition coefficient (Wildman–Crippen LogP) is -1.14. The van der Waals surface area contributed by atoms with E-state index in [2.05, 4.69) is 4.98 Å². The third-order valence-corrected chi connectivity index (χ3v) is 7.43. The fourth-order valence-electron chi connectivity index (χ4n) is 3.66. The number of aliphatic hydroxyl groups excluding tert-OH is 1. The summed E-state index contributed by atoms with van der Waals surface area (Å²) in [7, 11) is 0. The number of β-lactam (4-membered cyclic amide) rings is 1. The molecular weight excluding hydrogens is 419 g/mol. The molecule has 1 aromatic heterocycles. The zero-order chi connectivity index (χ0) is 18.7. The Morgan fingerprint density at radius 1 is 1.48 bits per heavy atom. The maximum absolute atomic E-state index is 12.3. The number of aliphatic hydroxyl groups is 1. The monoisotopic (exact) mass is 432 g/mol. The zero-order valence-electron chi connectivity index (χ0n) is 14.8. The summed E-state index contributed by atoms with van der Waals surface area (Å²) in [6.45, 7) is 3.41. The molecule has 2 aromatic rings. The summed E-state index contributed by atoms with van der Waals surface area (Å²) in [5.74, 6) is -2.57. The number of carboxylic acids is 1. The van der Waals surface area contributed by atoms with Crippen molar-refractivity contribution in [3.05, 3.63) is 33.8 Å². The van der Waals surface area contributed by atoms with Gasteiger partial charge in [-0.1, -0.05) is 30.3 Å². The first-order valence-electron chi connectivity index (χ1n) is 8.00. The van der Waals surface area contributed by atoms with E-state index in [9.17, 15) is 19.8 Å². The molecule has 136 valence electrons. The third-order valence-electron chi connectivity index (χ3n) is 4.83. The summed E-state index contributed by atoms with van der Waals surface area (Å²) < 4.78 is 1.58. The van der Waals surface area contributed by atoms with Crippen molar-refractivity contribution in [2.45, 2.75) is 30.3 Å². The van der Waals surface area contributed by atoms with E-state index in [1.54, 1.807) is 13.0 Å². The Morgan fingerprint density at radius 2 is 2.19 bits per heavy atom. The molecule has 1 fully saturated rings. The van der Waals surface area contributed by atoms with Crippen LogP contribution in [-0.2, 0) is 9.59 Å². The van der Waals surface area contributed by atoms with Crippen molar-refractivity contribution in [1.29, 1.82) is 0 Å². The van der Waals surface area contributed by atoms with Gasteiger partial charge in [-0.15, -0.1) is 11.3 Å². The van der Waals surface area contributed by atoms with Crippen LogP contribution in [0.2, 0.25) is 5.02 Å². The minimum Gasteiger partial charge on any atom is -0.543 e. The van der Waals surface area contributed by atoms with E-state index in [-0.39, 0.29) is 53.1 Å². The minimum atomic E-state index is -1.39. The van der Waals surface area contributed by atoms with Gasteiger partial charge in [-0.25, -0.2) is 4.98 Å². The van der Waals surface area contributed by atoms with Gasteiger partial charge in [0, 0.05) is 15.8 Å². The molecule has 4 atom stereocenters. The number of nitrogens with zero attached hydrogens (tertiary/aromatic N) is 2. The van der Waals surface area contributed by atoms with Gasteiger partial charge < -0.3 is 19.9 Å². The molecule has 2 aliphatic heterocycles. The molecule has 0 radical (unpaired) electrons. The molecule has 6 nitrogen and oxygen atoms in total. The number of aliphatic carboxylic acids is 1. The second-order valence-corrected chi connectivity index (χ2v) is 9.20. The molecule has 27 heavy (non-hydrogen) atoms. The molecule has 1 amide bonds. The molecule has 0 aliphatic carbocycles. The molecule has 0 spiro atoms. The number of rotatable bonds is 4. The topological polar surface area (TPSA) is 93.6 Å². The van der Waals surface area contributed by atoms with Gasteiger partial charge in [-0.05, 0) is 25.1 Å². The first-order valence-corrected chi connectivity index (χ1v) is 10.0. The predicted molar refractivity (Wildman–Crippen MR) is 97.5 cm³/mol. The quantitative estimate of drug-likeness (QED) is 0.485. The van der Waals surface area contributed by atoms with Crippen molar-refractivity contribution in [2.75, 3.05) is 0 Å². The molecule has 0 bridgehead atoms. The number of thiazole rings is 1. The minimum absolute atomic E-state index is 0. The molecule has 3 heterocycles. The molecule has 2 aliphatic rings. The standard InChI is InChI=1S/C17H15ClN2O4S2.Na/c1-6-12-11(7(2)21)15(22)20(12)13(16(23)24)14(6)26-17-19-9-4-3-8(18)5-10(9)25-17;/h3-7,11-12,21H,1-2H3,(H,23,24);/q;+1/p-1/t6-,7-,11-,12-;/m1./s1. The van der Waals surface area contributed by atoms with Gasteiger partial charge in [0.2, 0.25) is 5.91 Å². The van der Waals surface area contributed by atoms with E-state index >= 15 is 0 Å². The zero-order valence-corrected chi connectivity index (χ0v) is 19.2. The number of carbonyl (C=O) groups is 2. The number of carboxylic acid groups (broad SMARTS) is 1. The molecule has 0 unspecified atom stereocenters. The van der Waals surface area contributed by atoms with Crippen LogP contribution in [0.3, 0.4) is 0 Å². The number of amides is 1. The van der Waals surface area contributed by atoms with Gasteiger partial charge in [0.05, 0.1) is 39.9 Å². The summed E-state index contributed by atoms with van der Waals surface area (Å²) in [6.07, 6.45) is -0.830. The summed E-state index contributed by atoms with van der Waals surface area (Å²) in [5.41, 5.74) is 0.677. The Balaban J connectivity index is 0.00000210. The van der Waals surface area contributed by atoms with Crippen LogP contribution in [0, 0.1) is 11.8 Å². The second-order valence-electron chi connectivity index (χ2n) is 6.45. The molecule has 4 rings (SSSR count). The first-order chi connectivity index (χ1) is 12.3. The normalized spacial score (nSPS) is 25.3. The molecule has 10 heteroatoms. The number of halogens is 1. The summed E-state index contributed by atoms with van der Waals surface area (Å²) in [6, 6.07) is 5.01. The average molecular weight is 433 g/mol. The Bertz CT molecular complexity index is 977. The Morgan fingerprint density at radius 3 is 2.81 bits per heavy atom. The van der Waals surface area contributed by atoms with E-state index in [0.717, 1.165) is 10.2 Å². The molecular formula is C17H14ClN2NaO4S2. The summed E-state index contributed by atoms with van der Waals surface area (Å²) in [5, 5.41) is 22.2. The van der Waals surface area contributed by atoms with Crippen molar-refractivity contribution in [3.8, 4) is 0 Å². The summed E-state index contributed by atoms with van der Waals surface area (Å²) in [4.78, 5) is 30.3. The van der Waals surface area contributed by atoms with Crippen LogP contribution in [0.5, 0.6) is 0 Å². The van der Waals surface area contributed by atoms with E-state index < -0.39 is 18.0 Å². The van der Waals surface area contributed by atoms with Crippen LogP contribution >= 0.6 is 34.7 Å². The Hall–Kier alpha value is -0.610. The molecule has 1 saturated heterocycles. The fourth-order valence-corrected chi connectivity index (χ4v) is 6.28. The number of carbonyl (C=O) groups excluding carboxylic acids is 2. The maximum atomic E-state index is 12.3. The molecule has 1 N–H and O–H groups in total. The molecule has 0 saturated carbocycles. The van der Waals surface area contributed by atoms with E-state index in [1.807, 2.05) is 19.1 Å².